The van der Waals surface area contributed by atoms with E-state index in [-0.39, 0.29) is 17.7 Å². The van der Waals surface area contributed by atoms with Crippen molar-refractivity contribution in [3.8, 4) is 17.3 Å². The highest BCUT2D eigenvalue weighted by molar-refractivity contribution is 6.33. The number of likely N-dealkylation sites (N-methyl/N-ethyl adjacent to an activating group) is 1. The van der Waals surface area contributed by atoms with Crippen LogP contribution in [0.25, 0.3) is 22.3 Å². The number of benzene rings is 1. The first-order valence-corrected chi connectivity index (χ1v) is 11.8. The maximum atomic E-state index is 15.3. The van der Waals surface area contributed by atoms with E-state index in [9.17, 15) is 0 Å². The summed E-state index contributed by atoms with van der Waals surface area (Å²) in [5.41, 5.74) is 1.11. The minimum atomic E-state index is -0.454. The van der Waals surface area contributed by atoms with E-state index >= 15 is 4.39 Å². The summed E-state index contributed by atoms with van der Waals surface area (Å²) in [4.78, 5) is 18.4. The molecule has 2 saturated heterocycles. The molecule has 9 heteroatoms. The van der Waals surface area contributed by atoms with Gasteiger partial charge in [0.05, 0.1) is 10.4 Å². The number of anilines is 1. The smallest absolute Gasteiger partial charge is 0.320 e. The van der Waals surface area contributed by atoms with Gasteiger partial charge < -0.3 is 19.9 Å². The van der Waals surface area contributed by atoms with Gasteiger partial charge in [-0.2, -0.15) is 9.97 Å². The predicted molar refractivity (Wildman–Crippen MR) is 129 cm³/mol. The summed E-state index contributed by atoms with van der Waals surface area (Å²) >= 11 is 6.34. The Morgan fingerprint density at radius 3 is 2.82 bits per heavy atom. The normalized spacial score (nSPS) is 21.6. The second kappa shape index (κ2) is 9.37. The summed E-state index contributed by atoms with van der Waals surface area (Å²) in [5, 5.41) is 4.40. The van der Waals surface area contributed by atoms with E-state index in [1.165, 1.54) is 6.07 Å². The molecule has 0 saturated carbocycles. The summed E-state index contributed by atoms with van der Waals surface area (Å²) in [6.45, 7) is 6.10. The molecule has 2 aliphatic heterocycles. The third-order valence-corrected chi connectivity index (χ3v) is 6.91. The van der Waals surface area contributed by atoms with Crippen LogP contribution in [-0.2, 0) is 0 Å². The molecule has 0 aliphatic carbocycles. The molecule has 0 radical (unpaired) electrons. The Bertz CT molecular complexity index is 1160. The van der Waals surface area contributed by atoms with Crippen molar-refractivity contribution in [2.75, 3.05) is 44.7 Å². The molecule has 2 unspecified atom stereocenters. The first kappa shape index (κ1) is 22.3. The fourth-order valence-corrected chi connectivity index (χ4v) is 4.86. The molecule has 5 rings (SSSR count). The van der Waals surface area contributed by atoms with Gasteiger partial charge in [-0.3, -0.25) is 0 Å². The van der Waals surface area contributed by atoms with E-state index < -0.39 is 5.82 Å². The molecule has 7 nitrogen and oxygen atoms in total. The molecular formula is C24H28ClFN6O. The number of likely N-dealkylation sites (tertiary alicyclic amines) is 1. The van der Waals surface area contributed by atoms with Crippen LogP contribution in [0.1, 0.15) is 19.8 Å². The zero-order chi connectivity index (χ0) is 22.9. The van der Waals surface area contributed by atoms with Crippen LogP contribution in [-0.4, -0.2) is 71.8 Å². The van der Waals surface area contributed by atoms with Gasteiger partial charge in [0.2, 0.25) is 0 Å². The lowest BCUT2D eigenvalue weighted by atomic mass is 10.1. The molecule has 0 amide bonds. The Morgan fingerprint density at radius 1 is 1.21 bits per heavy atom. The van der Waals surface area contributed by atoms with Crippen LogP contribution in [0.15, 0.2) is 30.3 Å². The van der Waals surface area contributed by atoms with E-state index in [4.69, 9.17) is 21.3 Å². The predicted octanol–water partition coefficient (Wildman–Crippen LogP) is 3.76. The zero-order valence-electron chi connectivity index (χ0n) is 18.9. The molecule has 2 aliphatic rings. The number of ether oxygens (including phenoxy) is 1. The van der Waals surface area contributed by atoms with Crippen LogP contribution < -0.4 is 15.0 Å². The van der Waals surface area contributed by atoms with E-state index in [1.807, 2.05) is 12.1 Å². The van der Waals surface area contributed by atoms with Crippen LogP contribution in [0.2, 0.25) is 5.02 Å². The number of hydrogen-bond acceptors (Lipinski definition) is 7. The maximum absolute atomic E-state index is 15.3. The Kier molecular flexibility index (Phi) is 6.32. The number of fused-ring (bicyclic) bond motifs is 1. The average Bonchev–Trinajstić information content (AvgIpc) is 3.22. The van der Waals surface area contributed by atoms with Gasteiger partial charge in [-0.1, -0.05) is 29.8 Å². The lowest BCUT2D eigenvalue weighted by Gasteiger charge is -2.35. The van der Waals surface area contributed by atoms with Crippen LogP contribution in [0.3, 0.4) is 0 Å². The van der Waals surface area contributed by atoms with Gasteiger partial charge in [-0.15, -0.1) is 0 Å². The molecule has 2 aromatic heterocycles. The molecule has 4 heterocycles. The van der Waals surface area contributed by atoms with Gasteiger partial charge in [0.15, 0.2) is 5.65 Å². The van der Waals surface area contributed by atoms with Crippen LogP contribution in [0, 0.1) is 5.82 Å². The van der Waals surface area contributed by atoms with Gasteiger partial charge in [0.25, 0.3) is 0 Å². The lowest BCUT2D eigenvalue weighted by molar-refractivity contribution is 0.188. The van der Waals surface area contributed by atoms with Crippen LogP contribution >= 0.6 is 11.6 Å². The number of halogens is 2. The van der Waals surface area contributed by atoms with Crippen molar-refractivity contribution in [1.29, 1.82) is 0 Å². The summed E-state index contributed by atoms with van der Waals surface area (Å²) in [6.07, 6.45) is 2.25. The highest BCUT2D eigenvalue weighted by Crippen LogP contribution is 2.34. The van der Waals surface area contributed by atoms with Crippen LogP contribution in [0.4, 0.5) is 10.2 Å². The third kappa shape index (κ3) is 4.47. The number of hydrogen-bond donors (Lipinski definition) is 1. The lowest BCUT2D eigenvalue weighted by Crippen LogP contribution is -2.50. The highest BCUT2D eigenvalue weighted by atomic mass is 35.5. The number of piperazine rings is 1. The fraction of sp³-hybridized carbons (Fsp3) is 0.458. The largest absolute Gasteiger partial charge is 0.462 e. The van der Waals surface area contributed by atoms with E-state index in [0.717, 1.165) is 39.0 Å². The molecule has 2 atom stereocenters. The Hall–Kier alpha value is -2.55. The second-order valence-corrected chi connectivity index (χ2v) is 9.24. The topological polar surface area (TPSA) is 66.4 Å². The molecule has 174 valence electrons. The summed E-state index contributed by atoms with van der Waals surface area (Å²) in [6, 6.07) is 9.38. The Balaban J connectivity index is 1.59. The fourth-order valence-electron chi connectivity index (χ4n) is 4.64. The monoisotopic (exact) mass is 470 g/mol. The van der Waals surface area contributed by atoms with Crippen molar-refractivity contribution < 1.29 is 9.13 Å². The summed E-state index contributed by atoms with van der Waals surface area (Å²) in [5.74, 6) is 0.199. The minimum Gasteiger partial charge on any atom is -0.462 e. The highest BCUT2D eigenvalue weighted by Gasteiger charge is 2.26. The van der Waals surface area contributed by atoms with Crippen molar-refractivity contribution in [2.45, 2.75) is 31.8 Å². The molecule has 0 bridgehead atoms. The van der Waals surface area contributed by atoms with Crippen molar-refractivity contribution in [3.05, 3.63) is 41.2 Å². The first-order valence-electron chi connectivity index (χ1n) is 11.4. The third-order valence-electron chi connectivity index (χ3n) is 6.58. The number of aromatic nitrogens is 3. The zero-order valence-corrected chi connectivity index (χ0v) is 19.6. The molecule has 2 fully saturated rings. The van der Waals surface area contributed by atoms with Gasteiger partial charge in [0.1, 0.15) is 23.9 Å². The van der Waals surface area contributed by atoms with E-state index in [2.05, 4.69) is 39.1 Å². The minimum absolute atomic E-state index is 0.174. The van der Waals surface area contributed by atoms with E-state index in [0.29, 0.717) is 40.1 Å². The Labute approximate surface area is 197 Å². The number of nitrogens with zero attached hydrogens (tertiary/aromatic N) is 5. The SMILES string of the molecule is CC1CNCCN1c1nc(OCC2CCCN2C)nc2nc(-c3ccccc3Cl)c(F)cc12. The van der Waals surface area contributed by atoms with Gasteiger partial charge >= 0.3 is 6.01 Å². The van der Waals surface area contributed by atoms with Crippen molar-refractivity contribution >= 4 is 28.5 Å². The molecule has 3 aromatic rings. The molecule has 0 spiro atoms. The molecule has 33 heavy (non-hydrogen) atoms. The average molecular weight is 471 g/mol. The van der Waals surface area contributed by atoms with Crippen molar-refractivity contribution in [2.24, 2.45) is 0 Å². The van der Waals surface area contributed by atoms with E-state index in [1.54, 1.807) is 12.1 Å². The van der Waals surface area contributed by atoms with Crippen LogP contribution in [0.5, 0.6) is 6.01 Å². The van der Waals surface area contributed by atoms with Gasteiger partial charge in [0, 0.05) is 37.3 Å². The summed E-state index contributed by atoms with van der Waals surface area (Å²) < 4.78 is 21.4. The van der Waals surface area contributed by atoms with Gasteiger partial charge in [-0.05, 0) is 45.5 Å². The standard InChI is InChI=1S/C24H28ClFN6O/c1-15-13-27-9-11-32(15)23-18-12-20(26)21(17-7-3-4-8-19(17)25)28-22(18)29-24(30-23)33-14-16-6-5-10-31(16)2/h3-4,7-8,12,15-16,27H,5-6,9-11,13-14H2,1-2H3. The first-order chi connectivity index (χ1) is 16.0. The Morgan fingerprint density at radius 2 is 2.06 bits per heavy atom. The molecule has 1 aromatic carbocycles. The van der Waals surface area contributed by atoms with Crippen molar-refractivity contribution in [3.63, 3.8) is 0 Å². The molecule has 1 N–H and O–H groups in total. The second-order valence-electron chi connectivity index (χ2n) is 8.83. The van der Waals surface area contributed by atoms with Crippen molar-refractivity contribution in [1.82, 2.24) is 25.2 Å². The van der Waals surface area contributed by atoms with Gasteiger partial charge in [-0.25, -0.2) is 9.37 Å². The number of nitrogens with one attached hydrogen (secondary N) is 1. The maximum Gasteiger partial charge on any atom is 0.320 e. The quantitative estimate of drug-likeness (QED) is 0.609. The number of pyridine rings is 1. The number of rotatable bonds is 5. The summed E-state index contributed by atoms with van der Waals surface area (Å²) in [7, 11) is 2.11. The molecular weight excluding hydrogens is 443 g/mol.